The van der Waals surface area contributed by atoms with Gasteiger partial charge in [-0.25, -0.2) is 0 Å². The van der Waals surface area contributed by atoms with Crippen LogP contribution in [0.25, 0.3) is 0 Å². The summed E-state index contributed by atoms with van der Waals surface area (Å²) in [5.41, 5.74) is 0.272. The van der Waals surface area contributed by atoms with E-state index in [1.54, 1.807) is 12.1 Å². The Kier molecular flexibility index (Phi) is 5.71. The number of aliphatic hydroxyl groups is 1. The molecular formula is C11H13Cl2NO3. The summed E-state index contributed by atoms with van der Waals surface area (Å²) < 4.78 is 4.85. The van der Waals surface area contributed by atoms with E-state index >= 15 is 0 Å². The van der Waals surface area contributed by atoms with Crippen molar-refractivity contribution in [1.29, 1.82) is 0 Å². The van der Waals surface area contributed by atoms with Crippen LogP contribution in [0.5, 0.6) is 0 Å². The first-order valence-corrected chi connectivity index (χ1v) is 5.69. The van der Waals surface area contributed by atoms with Crippen LogP contribution in [0.4, 0.5) is 0 Å². The van der Waals surface area contributed by atoms with Gasteiger partial charge in [-0.15, -0.1) is 0 Å². The lowest BCUT2D eigenvalue weighted by Gasteiger charge is -2.15. The van der Waals surface area contributed by atoms with Gasteiger partial charge < -0.3 is 15.2 Å². The predicted molar refractivity (Wildman–Crippen MR) is 66.7 cm³/mol. The van der Waals surface area contributed by atoms with Crippen LogP contribution >= 0.6 is 23.2 Å². The average molecular weight is 278 g/mol. The minimum Gasteiger partial charge on any atom is -0.394 e. The van der Waals surface area contributed by atoms with Gasteiger partial charge in [-0.2, -0.15) is 0 Å². The monoisotopic (exact) mass is 277 g/mol. The molecule has 0 fully saturated rings. The number of nitrogens with one attached hydrogen (secondary N) is 1. The molecule has 0 radical (unpaired) electrons. The first kappa shape index (κ1) is 14.3. The third-order valence-corrected chi connectivity index (χ3v) is 2.66. The molecule has 1 aromatic carbocycles. The van der Waals surface area contributed by atoms with E-state index in [9.17, 15) is 4.79 Å². The zero-order valence-corrected chi connectivity index (χ0v) is 10.8. The fraction of sp³-hybridized carbons (Fsp3) is 0.364. The lowest BCUT2D eigenvalue weighted by atomic mass is 10.2. The molecule has 0 aromatic heterocycles. The topological polar surface area (TPSA) is 58.6 Å². The number of benzene rings is 1. The number of hydrogen-bond donors (Lipinski definition) is 2. The predicted octanol–water partition coefficient (Wildman–Crippen LogP) is 1.73. The second-order valence-corrected chi connectivity index (χ2v) is 4.28. The van der Waals surface area contributed by atoms with Crippen molar-refractivity contribution in [3.8, 4) is 0 Å². The summed E-state index contributed by atoms with van der Waals surface area (Å²) in [6.07, 6.45) is 0. The quantitative estimate of drug-likeness (QED) is 0.862. The zero-order valence-electron chi connectivity index (χ0n) is 9.24. The van der Waals surface area contributed by atoms with Gasteiger partial charge in [0.05, 0.1) is 29.8 Å². The highest BCUT2D eigenvalue weighted by Gasteiger charge is 2.15. The van der Waals surface area contributed by atoms with E-state index < -0.39 is 11.9 Å². The van der Waals surface area contributed by atoms with Crippen LogP contribution in [-0.2, 0) is 4.74 Å². The molecule has 0 saturated carbocycles. The van der Waals surface area contributed by atoms with Crippen LogP contribution in [-0.4, -0.2) is 37.4 Å². The highest BCUT2D eigenvalue weighted by Crippen LogP contribution is 2.20. The van der Waals surface area contributed by atoms with Crippen LogP contribution in [0.2, 0.25) is 10.0 Å². The smallest absolute Gasteiger partial charge is 0.253 e. The molecule has 1 unspecified atom stereocenters. The van der Waals surface area contributed by atoms with Crippen molar-refractivity contribution in [2.45, 2.75) is 6.04 Å². The molecule has 0 aliphatic heterocycles. The Balaban J connectivity index is 2.78. The Hall–Kier alpha value is -0.810. The number of ether oxygens (including phenoxy) is 1. The number of aliphatic hydroxyl groups excluding tert-OH is 1. The molecule has 6 heteroatoms. The van der Waals surface area contributed by atoms with Crippen molar-refractivity contribution >= 4 is 29.1 Å². The van der Waals surface area contributed by atoms with Crippen molar-refractivity contribution < 1.29 is 14.6 Å². The van der Waals surface area contributed by atoms with Crippen LogP contribution in [0.3, 0.4) is 0 Å². The second-order valence-electron chi connectivity index (χ2n) is 3.43. The van der Waals surface area contributed by atoms with Crippen LogP contribution < -0.4 is 5.32 Å². The lowest BCUT2D eigenvalue weighted by molar-refractivity contribution is 0.0840. The maximum Gasteiger partial charge on any atom is 0.253 e. The fourth-order valence-corrected chi connectivity index (χ4v) is 1.65. The Morgan fingerprint density at radius 3 is 2.82 bits per heavy atom. The summed E-state index contributed by atoms with van der Waals surface area (Å²) in [6.45, 7) is 0.0121. The first-order valence-electron chi connectivity index (χ1n) is 4.94. The average Bonchev–Trinajstić information content (AvgIpc) is 2.31. The van der Waals surface area contributed by atoms with E-state index in [1.165, 1.54) is 13.2 Å². The molecule has 1 atom stereocenters. The first-order chi connectivity index (χ1) is 8.08. The van der Waals surface area contributed by atoms with Gasteiger partial charge in [0, 0.05) is 12.1 Å². The van der Waals surface area contributed by atoms with Crippen molar-refractivity contribution in [3.05, 3.63) is 33.8 Å². The summed E-state index contributed by atoms with van der Waals surface area (Å²) in [4.78, 5) is 11.8. The maximum absolute atomic E-state index is 11.8. The number of amides is 1. The van der Waals surface area contributed by atoms with E-state index in [-0.39, 0.29) is 18.8 Å². The summed E-state index contributed by atoms with van der Waals surface area (Å²) in [6, 6.07) is 4.14. The largest absolute Gasteiger partial charge is 0.394 e. The molecule has 0 saturated heterocycles. The van der Waals surface area contributed by atoms with Gasteiger partial charge in [-0.1, -0.05) is 23.2 Å². The molecule has 0 bridgehead atoms. The minimum atomic E-state index is -0.470. The third-order valence-electron chi connectivity index (χ3n) is 2.10. The van der Waals surface area contributed by atoms with Crippen LogP contribution in [0, 0.1) is 0 Å². The second kappa shape index (κ2) is 6.81. The molecule has 94 valence electrons. The van der Waals surface area contributed by atoms with E-state index in [1.807, 2.05) is 0 Å². The number of carbonyl (C=O) groups excluding carboxylic acids is 1. The normalized spacial score (nSPS) is 12.2. The van der Waals surface area contributed by atoms with Gasteiger partial charge in [0.1, 0.15) is 0 Å². The van der Waals surface area contributed by atoms with E-state index in [0.717, 1.165) is 0 Å². The number of methoxy groups -OCH3 is 1. The molecule has 1 aromatic rings. The maximum atomic E-state index is 11.8. The highest BCUT2D eigenvalue weighted by atomic mass is 35.5. The summed E-state index contributed by atoms with van der Waals surface area (Å²) >= 11 is 11.7. The summed E-state index contributed by atoms with van der Waals surface area (Å²) in [5, 5.41) is 12.3. The fourth-order valence-electron chi connectivity index (χ4n) is 1.28. The Labute approximate surface area is 109 Å². The Bertz CT molecular complexity index is 398. The van der Waals surface area contributed by atoms with Crippen LogP contribution in [0.1, 0.15) is 10.4 Å². The van der Waals surface area contributed by atoms with Crippen molar-refractivity contribution in [3.63, 3.8) is 0 Å². The van der Waals surface area contributed by atoms with Crippen LogP contribution in [0.15, 0.2) is 18.2 Å². The number of carbonyl (C=O) groups is 1. The molecule has 1 rings (SSSR count). The van der Waals surface area contributed by atoms with Gasteiger partial charge >= 0.3 is 0 Å². The number of hydrogen-bond acceptors (Lipinski definition) is 3. The molecule has 17 heavy (non-hydrogen) atoms. The summed E-state index contributed by atoms with van der Waals surface area (Å²) in [7, 11) is 1.49. The van der Waals surface area contributed by atoms with E-state index in [4.69, 9.17) is 33.0 Å². The SMILES string of the molecule is COCC(CO)NC(=O)c1cc(Cl)ccc1Cl. The third kappa shape index (κ3) is 4.16. The van der Waals surface area contributed by atoms with Gasteiger partial charge in [-0.3, -0.25) is 4.79 Å². The molecular weight excluding hydrogens is 265 g/mol. The molecule has 0 aliphatic rings. The number of rotatable bonds is 5. The van der Waals surface area contributed by atoms with Gasteiger partial charge in [0.25, 0.3) is 5.91 Å². The van der Waals surface area contributed by atoms with Gasteiger partial charge in [0.15, 0.2) is 0 Å². The van der Waals surface area contributed by atoms with Gasteiger partial charge in [-0.05, 0) is 18.2 Å². The Morgan fingerprint density at radius 2 is 2.24 bits per heavy atom. The van der Waals surface area contributed by atoms with Crippen molar-refractivity contribution in [1.82, 2.24) is 5.32 Å². The molecule has 0 spiro atoms. The Morgan fingerprint density at radius 1 is 1.53 bits per heavy atom. The van der Waals surface area contributed by atoms with Crippen molar-refractivity contribution in [2.24, 2.45) is 0 Å². The molecule has 2 N–H and O–H groups in total. The number of halogens is 2. The van der Waals surface area contributed by atoms with E-state index in [0.29, 0.717) is 10.0 Å². The lowest BCUT2D eigenvalue weighted by Crippen LogP contribution is -2.40. The minimum absolute atomic E-state index is 0.211. The molecule has 1 amide bonds. The molecule has 4 nitrogen and oxygen atoms in total. The van der Waals surface area contributed by atoms with Gasteiger partial charge in [0.2, 0.25) is 0 Å². The molecule has 0 aliphatic carbocycles. The standard InChI is InChI=1S/C11H13Cl2NO3/c1-17-6-8(5-15)14-11(16)9-4-7(12)2-3-10(9)13/h2-4,8,15H,5-6H2,1H3,(H,14,16). The van der Waals surface area contributed by atoms with E-state index in [2.05, 4.69) is 5.32 Å². The molecule has 0 heterocycles. The van der Waals surface area contributed by atoms with Crippen molar-refractivity contribution in [2.75, 3.05) is 20.3 Å². The summed E-state index contributed by atoms with van der Waals surface area (Å²) in [5.74, 6) is -0.395. The highest BCUT2D eigenvalue weighted by molar-refractivity contribution is 6.35. The zero-order chi connectivity index (χ0) is 12.8.